The summed E-state index contributed by atoms with van der Waals surface area (Å²) in [5.74, 6) is 0.185. The van der Waals surface area contributed by atoms with Crippen molar-refractivity contribution in [3.8, 4) is 0 Å². The summed E-state index contributed by atoms with van der Waals surface area (Å²) >= 11 is 3.49. The number of benzene rings is 1. The Morgan fingerprint density at radius 1 is 1.21 bits per heavy atom. The second-order valence-electron chi connectivity index (χ2n) is 5.41. The molecule has 0 aromatic heterocycles. The van der Waals surface area contributed by atoms with Crippen LogP contribution in [0.25, 0.3) is 0 Å². The molecule has 0 bridgehead atoms. The molecular formula is C14H20BrNO2S. The minimum Gasteiger partial charge on any atom is -0.207 e. The van der Waals surface area contributed by atoms with E-state index in [0.717, 1.165) is 28.4 Å². The molecule has 19 heavy (non-hydrogen) atoms. The van der Waals surface area contributed by atoms with Gasteiger partial charge in [0, 0.05) is 17.6 Å². The van der Waals surface area contributed by atoms with Gasteiger partial charge in [-0.3, -0.25) is 0 Å². The van der Waals surface area contributed by atoms with Gasteiger partial charge in [0.05, 0.1) is 4.90 Å². The smallest absolute Gasteiger partial charge is 0.207 e. The first-order valence-electron chi connectivity index (χ1n) is 6.64. The standard InChI is InChI=1S/C14H20BrNO2S/c1-10(2)12-9-13(15)11(3)8-14(12)19(17,18)16-6-4-5-7-16/h8-10H,4-7H2,1-3H3. The first-order chi connectivity index (χ1) is 8.84. The lowest BCUT2D eigenvalue weighted by molar-refractivity contribution is 0.476. The van der Waals surface area contributed by atoms with Crippen LogP contribution in [0.5, 0.6) is 0 Å². The molecule has 0 amide bonds. The fourth-order valence-electron chi connectivity index (χ4n) is 2.41. The Balaban J connectivity index is 2.57. The highest BCUT2D eigenvalue weighted by Gasteiger charge is 2.30. The Labute approximate surface area is 124 Å². The molecule has 1 aromatic carbocycles. The zero-order valence-electron chi connectivity index (χ0n) is 11.6. The predicted octanol–water partition coefficient (Wildman–Crippen LogP) is 3.67. The lowest BCUT2D eigenvalue weighted by Gasteiger charge is -2.20. The van der Waals surface area contributed by atoms with Crippen molar-refractivity contribution in [1.82, 2.24) is 4.31 Å². The maximum absolute atomic E-state index is 12.7. The quantitative estimate of drug-likeness (QED) is 0.838. The van der Waals surface area contributed by atoms with Crippen LogP contribution in [0.4, 0.5) is 0 Å². The van der Waals surface area contributed by atoms with E-state index in [-0.39, 0.29) is 5.92 Å². The third-order valence-corrected chi connectivity index (χ3v) is 6.40. The van der Waals surface area contributed by atoms with Crippen LogP contribution < -0.4 is 0 Å². The van der Waals surface area contributed by atoms with E-state index in [2.05, 4.69) is 15.9 Å². The van der Waals surface area contributed by atoms with Gasteiger partial charge in [-0.1, -0.05) is 29.8 Å². The van der Waals surface area contributed by atoms with Gasteiger partial charge in [-0.25, -0.2) is 8.42 Å². The molecule has 106 valence electrons. The lowest BCUT2D eigenvalue weighted by atomic mass is 10.0. The molecule has 2 rings (SSSR count). The van der Waals surface area contributed by atoms with Gasteiger partial charge in [0.2, 0.25) is 10.0 Å². The van der Waals surface area contributed by atoms with Crippen molar-refractivity contribution in [3.63, 3.8) is 0 Å². The summed E-state index contributed by atoms with van der Waals surface area (Å²) in [7, 11) is -3.34. The number of nitrogens with zero attached hydrogens (tertiary/aromatic N) is 1. The lowest BCUT2D eigenvalue weighted by Crippen LogP contribution is -2.29. The molecule has 0 unspecified atom stereocenters. The summed E-state index contributed by atoms with van der Waals surface area (Å²) in [6.07, 6.45) is 1.93. The van der Waals surface area contributed by atoms with E-state index in [9.17, 15) is 8.42 Å². The van der Waals surface area contributed by atoms with E-state index in [0.29, 0.717) is 18.0 Å². The maximum atomic E-state index is 12.7. The summed E-state index contributed by atoms with van der Waals surface area (Å²) in [6, 6.07) is 3.75. The Morgan fingerprint density at radius 2 is 1.79 bits per heavy atom. The van der Waals surface area contributed by atoms with Crippen LogP contribution >= 0.6 is 15.9 Å². The van der Waals surface area contributed by atoms with E-state index in [1.165, 1.54) is 0 Å². The van der Waals surface area contributed by atoms with Crippen LogP contribution in [0.15, 0.2) is 21.5 Å². The fourth-order valence-corrected chi connectivity index (χ4v) is 4.71. The first-order valence-corrected chi connectivity index (χ1v) is 8.87. The molecule has 1 aromatic rings. The maximum Gasteiger partial charge on any atom is 0.243 e. The topological polar surface area (TPSA) is 37.4 Å². The second kappa shape index (κ2) is 5.54. The van der Waals surface area contributed by atoms with Crippen molar-refractivity contribution in [2.45, 2.75) is 44.4 Å². The van der Waals surface area contributed by atoms with Crippen LogP contribution in [0.2, 0.25) is 0 Å². The average Bonchev–Trinajstić information content (AvgIpc) is 2.85. The number of hydrogen-bond donors (Lipinski definition) is 0. The van der Waals surface area contributed by atoms with Gasteiger partial charge in [-0.2, -0.15) is 4.31 Å². The van der Waals surface area contributed by atoms with Gasteiger partial charge in [-0.05, 0) is 48.9 Å². The molecule has 0 spiro atoms. The largest absolute Gasteiger partial charge is 0.243 e. The zero-order valence-corrected chi connectivity index (χ0v) is 14.0. The molecule has 5 heteroatoms. The molecule has 1 heterocycles. The van der Waals surface area contributed by atoms with E-state index < -0.39 is 10.0 Å². The Kier molecular flexibility index (Phi) is 4.38. The Bertz CT molecular complexity index is 575. The third kappa shape index (κ3) is 2.88. The summed E-state index contributed by atoms with van der Waals surface area (Å²) in [5, 5.41) is 0. The molecule has 0 radical (unpaired) electrons. The van der Waals surface area contributed by atoms with Gasteiger partial charge in [0.1, 0.15) is 0 Å². The number of rotatable bonds is 3. The van der Waals surface area contributed by atoms with Crippen LogP contribution in [-0.2, 0) is 10.0 Å². The summed E-state index contributed by atoms with van der Waals surface area (Å²) < 4.78 is 28.0. The minimum atomic E-state index is -3.34. The zero-order chi connectivity index (χ0) is 14.2. The number of halogens is 1. The first kappa shape index (κ1) is 15.0. The van der Waals surface area contributed by atoms with Crippen LogP contribution in [0.1, 0.15) is 43.7 Å². The van der Waals surface area contributed by atoms with Crippen LogP contribution in [-0.4, -0.2) is 25.8 Å². The fraction of sp³-hybridized carbons (Fsp3) is 0.571. The molecule has 1 saturated heterocycles. The van der Waals surface area contributed by atoms with Crippen molar-refractivity contribution >= 4 is 26.0 Å². The number of sulfonamides is 1. The Hall–Kier alpha value is -0.390. The monoisotopic (exact) mass is 345 g/mol. The molecule has 0 atom stereocenters. The second-order valence-corrected chi connectivity index (χ2v) is 8.17. The molecule has 0 saturated carbocycles. The van der Waals surface area contributed by atoms with Gasteiger partial charge >= 0.3 is 0 Å². The summed E-state index contributed by atoms with van der Waals surface area (Å²) in [4.78, 5) is 0.477. The van der Waals surface area contributed by atoms with E-state index >= 15 is 0 Å². The molecule has 1 fully saturated rings. The number of hydrogen-bond acceptors (Lipinski definition) is 2. The van der Waals surface area contributed by atoms with E-state index in [1.54, 1.807) is 10.4 Å². The van der Waals surface area contributed by atoms with Crippen molar-refractivity contribution < 1.29 is 8.42 Å². The minimum absolute atomic E-state index is 0.185. The van der Waals surface area contributed by atoms with Gasteiger partial charge in [-0.15, -0.1) is 0 Å². The number of aryl methyl sites for hydroxylation is 1. The van der Waals surface area contributed by atoms with Crippen molar-refractivity contribution in [3.05, 3.63) is 27.7 Å². The van der Waals surface area contributed by atoms with E-state index in [4.69, 9.17) is 0 Å². The molecule has 1 aliphatic heterocycles. The SMILES string of the molecule is Cc1cc(S(=O)(=O)N2CCCC2)c(C(C)C)cc1Br. The van der Waals surface area contributed by atoms with E-state index in [1.807, 2.05) is 26.8 Å². The predicted molar refractivity (Wildman–Crippen MR) is 81.0 cm³/mol. The normalized spacial score (nSPS) is 17.3. The van der Waals surface area contributed by atoms with Crippen molar-refractivity contribution in [2.24, 2.45) is 0 Å². The summed E-state index contributed by atoms with van der Waals surface area (Å²) in [5.41, 5.74) is 1.85. The molecule has 3 nitrogen and oxygen atoms in total. The third-order valence-electron chi connectivity index (χ3n) is 3.60. The molecule has 1 aliphatic rings. The summed E-state index contributed by atoms with van der Waals surface area (Å²) in [6.45, 7) is 7.28. The highest BCUT2D eigenvalue weighted by Crippen LogP contribution is 2.32. The molecule has 0 aliphatic carbocycles. The van der Waals surface area contributed by atoms with Gasteiger partial charge in [0.15, 0.2) is 0 Å². The van der Waals surface area contributed by atoms with Gasteiger partial charge in [0.25, 0.3) is 0 Å². The van der Waals surface area contributed by atoms with Gasteiger partial charge < -0.3 is 0 Å². The highest BCUT2D eigenvalue weighted by molar-refractivity contribution is 9.10. The van der Waals surface area contributed by atoms with Crippen molar-refractivity contribution in [1.29, 1.82) is 0 Å². The molecular weight excluding hydrogens is 326 g/mol. The van der Waals surface area contributed by atoms with Crippen molar-refractivity contribution in [2.75, 3.05) is 13.1 Å². The van der Waals surface area contributed by atoms with Crippen LogP contribution in [0.3, 0.4) is 0 Å². The van der Waals surface area contributed by atoms with Crippen LogP contribution in [0, 0.1) is 6.92 Å². The average molecular weight is 346 g/mol. The Morgan fingerprint density at radius 3 is 2.32 bits per heavy atom. The molecule has 0 N–H and O–H groups in total. The highest BCUT2D eigenvalue weighted by atomic mass is 79.9.